The topological polar surface area (TPSA) is 83.5 Å². The Kier molecular flexibility index (Phi) is 4.30. The van der Waals surface area contributed by atoms with E-state index in [0.29, 0.717) is 5.56 Å². The number of carbonyl (C=O) groups is 3. The van der Waals surface area contributed by atoms with Gasteiger partial charge in [-0.3, -0.25) is 14.9 Å². The van der Waals surface area contributed by atoms with Gasteiger partial charge in [0.05, 0.1) is 17.4 Å². The third kappa shape index (κ3) is 3.12. The molecule has 2 unspecified atom stereocenters. The number of nitrogens with one attached hydrogen (secondary N) is 1. The van der Waals surface area contributed by atoms with Gasteiger partial charge in [-0.1, -0.05) is 30.4 Å². The first kappa shape index (κ1) is 14.0. The molecule has 0 spiro atoms. The number of rotatable bonds is 1. The maximum atomic E-state index is 11.1. The number of carboxylic acid groups (broad SMARTS) is 1. The molecule has 1 aromatic rings. The van der Waals surface area contributed by atoms with Crippen LogP contribution in [0.25, 0.3) is 0 Å². The van der Waals surface area contributed by atoms with E-state index in [1.54, 1.807) is 30.3 Å². The number of hydrogen-bond donors (Lipinski definition) is 2. The van der Waals surface area contributed by atoms with Gasteiger partial charge in [0.25, 0.3) is 0 Å². The van der Waals surface area contributed by atoms with Gasteiger partial charge < -0.3 is 5.11 Å². The number of amides is 2. The molecule has 0 aromatic heterocycles. The molecular weight excluding hydrogens is 258 g/mol. The first-order chi connectivity index (χ1) is 9.59. The summed E-state index contributed by atoms with van der Waals surface area (Å²) in [5.41, 5.74) is 0.331. The Morgan fingerprint density at radius 1 is 1.15 bits per heavy atom. The Bertz CT molecular complexity index is 550. The zero-order valence-electron chi connectivity index (χ0n) is 10.8. The van der Waals surface area contributed by atoms with Crippen molar-refractivity contribution in [2.24, 2.45) is 11.8 Å². The van der Waals surface area contributed by atoms with Crippen molar-refractivity contribution in [1.82, 2.24) is 5.32 Å². The lowest BCUT2D eigenvalue weighted by Gasteiger charge is -2.14. The molecule has 20 heavy (non-hydrogen) atoms. The maximum Gasteiger partial charge on any atom is 0.335 e. The normalized spacial score (nSPS) is 23.4. The molecule has 0 bridgehead atoms. The molecule has 3 rings (SSSR count). The van der Waals surface area contributed by atoms with Crippen molar-refractivity contribution in [2.75, 3.05) is 0 Å². The summed E-state index contributed by atoms with van der Waals surface area (Å²) in [5.74, 6) is -1.35. The quantitative estimate of drug-likeness (QED) is 0.601. The van der Waals surface area contributed by atoms with Gasteiger partial charge in [0.2, 0.25) is 11.8 Å². The first-order valence-electron chi connectivity index (χ1n) is 6.39. The molecule has 0 saturated carbocycles. The van der Waals surface area contributed by atoms with E-state index in [9.17, 15) is 14.4 Å². The predicted molar refractivity (Wildman–Crippen MR) is 71.9 cm³/mol. The Labute approximate surface area is 116 Å². The van der Waals surface area contributed by atoms with Gasteiger partial charge in [0, 0.05) is 0 Å². The lowest BCUT2D eigenvalue weighted by molar-refractivity contribution is -0.126. The van der Waals surface area contributed by atoms with E-state index >= 15 is 0 Å². The Balaban J connectivity index is 0.000000151. The number of carboxylic acids is 1. The van der Waals surface area contributed by atoms with Crippen LogP contribution in [0.1, 0.15) is 23.2 Å². The van der Waals surface area contributed by atoms with Crippen molar-refractivity contribution in [1.29, 1.82) is 0 Å². The number of aromatic carboxylic acids is 1. The number of hydrogen-bond acceptors (Lipinski definition) is 3. The second kappa shape index (κ2) is 6.14. The van der Waals surface area contributed by atoms with Crippen LogP contribution in [-0.4, -0.2) is 22.9 Å². The fourth-order valence-electron chi connectivity index (χ4n) is 2.27. The van der Waals surface area contributed by atoms with E-state index in [-0.39, 0.29) is 23.7 Å². The standard InChI is InChI=1S/C8H9NO2.C7H6O2/c10-7-5-3-1-2-4-6(5)8(11)9-7;8-7(9)6-4-2-1-3-5-6/h1,3,5-6H,2,4H2,(H,9,10,11);1-5H,(H,8,9). The van der Waals surface area contributed by atoms with E-state index in [1.165, 1.54) is 0 Å². The van der Waals surface area contributed by atoms with Crippen LogP contribution in [0.3, 0.4) is 0 Å². The first-order valence-corrected chi connectivity index (χ1v) is 6.39. The summed E-state index contributed by atoms with van der Waals surface area (Å²) >= 11 is 0. The van der Waals surface area contributed by atoms with Crippen LogP contribution in [0, 0.1) is 11.8 Å². The molecule has 1 saturated heterocycles. The highest BCUT2D eigenvalue weighted by Crippen LogP contribution is 2.28. The summed E-state index contributed by atoms with van der Waals surface area (Å²) in [6, 6.07) is 8.30. The van der Waals surface area contributed by atoms with Gasteiger partial charge in [-0.15, -0.1) is 0 Å². The van der Waals surface area contributed by atoms with Crippen LogP contribution in [0.5, 0.6) is 0 Å². The van der Waals surface area contributed by atoms with Crippen molar-refractivity contribution < 1.29 is 19.5 Å². The SMILES string of the molecule is O=C(O)c1ccccc1.O=C1NC(=O)C2CCC=CC12. The second-order valence-corrected chi connectivity index (χ2v) is 4.66. The number of imide groups is 1. The second-order valence-electron chi connectivity index (χ2n) is 4.66. The number of carbonyl (C=O) groups excluding carboxylic acids is 2. The van der Waals surface area contributed by atoms with Crippen molar-refractivity contribution in [2.45, 2.75) is 12.8 Å². The third-order valence-corrected chi connectivity index (χ3v) is 3.33. The van der Waals surface area contributed by atoms with E-state index in [4.69, 9.17) is 5.11 Å². The van der Waals surface area contributed by atoms with E-state index in [0.717, 1.165) is 12.8 Å². The molecule has 5 nitrogen and oxygen atoms in total. The summed E-state index contributed by atoms with van der Waals surface area (Å²) < 4.78 is 0. The molecule has 104 valence electrons. The zero-order chi connectivity index (χ0) is 14.5. The Morgan fingerprint density at radius 3 is 2.40 bits per heavy atom. The highest BCUT2D eigenvalue weighted by atomic mass is 16.4. The third-order valence-electron chi connectivity index (χ3n) is 3.33. The lowest BCUT2D eigenvalue weighted by atomic mass is 9.86. The van der Waals surface area contributed by atoms with Gasteiger partial charge in [-0.25, -0.2) is 4.79 Å². The van der Waals surface area contributed by atoms with Crippen LogP contribution in [-0.2, 0) is 9.59 Å². The molecule has 5 heteroatoms. The highest BCUT2D eigenvalue weighted by molar-refractivity contribution is 6.06. The fourth-order valence-corrected chi connectivity index (χ4v) is 2.27. The molecule has 0 radical (unpaired) electrons. The predicted octanol–water partition coefficient (Wildman–Crippen LogP) is 1.61. The number of allylic oxidation sites excluding steroid dienone is 1. The minimum Gasteiger partial charge on any atom is -0.478 e. The summed E-state index contributed by atoms with van der Waals surface area (Å²) in [7, 11) is 0. The van der Waals surface area contributed by atoms with Crippen molar-refractivity contribution in [3.05, 3.63) is 48.0 Å². The highest BCUT2D eigenvalue weighted by Gasteiger charge is 2.40. The summed E-state index contributed by atoms with van der Waals surface area (Å²) in [5, 5.41) is 10.7. The van der Waals surface area contributed by atoms with Crippen LogP contribution in [0.15, 0.2) is 42.5 Å². The average Bonchev–Trinajstić information content (AvgIpc) is 2.76. The Hall–Kier alpha value is -2.43. The van der Waals surface area contributed by atoms with Gasteiger partial charge >= 0.3 is 5.97 Å². The molecule has 2 amide bonds. The van der Waals surface area contributed by atoms with Crippen molar-refractivity contribution in [3.8, 4) is 0 Å². The molecule has 1 aliphatic carbocycles. The summed E-state index contributed by atoms with van der Waals surface area (Å²) in [6.07, 6.45) is 5.55. The van der Waals surface area contributed by atoms with Gasteiger partial charge in [0.1, 0.15) is 0 Å². The fraction of sp³-hybridized carbons (Fsp3) is 0.267. The van der Waals surface area contributed by atoms with Crippen LogP contribution in [0.4, 0.5) is 0 Å². The van der Waals surface area contributed by atoms with E-state index < -0.39 is 5.97 Å². The lowest BCUT2D eigenvalue weighted by Crippen LogP contribution is -2.21. The molecule has 1 heterocycles. The molecule has 2 atom stereocenters. The number of benzene rings is 1. The largest absolute Gasteiger partial charge is 0.478 e. The molecule has 1 fully saturated rings. The zero-order valence-corrected chi connectivity index (χ0v) is 10.8. The van der Waals surface area contributed by atoms with Crippen molar-refractivity contribution in [3.63, 3.8) is 0 Å². The minimum atomic E-state index is -0.879. The van der Waals surface area contributed by atoms with Gasteiger partial charge in [-0.05, 0) is 25.0 Å². The number of fused-ring (bicyclic) bond motifs is 1. The Morgan fingerprint density at radius 2 is 1.85 bits per heavy atom. The van der Waals surface area contributed by atoms with Crippen molar-refractivity contribution >= 4 is 17.8 Å². The molecule has 2 aliphatic rings. The van der Waals surface area contributed by atoms with Gasteiger partial charge in [-0.2, -0.15) is 0 Å². The maximum absolute atomic E-state index is 11.1. The summed E-state index contributed by atoms with van der Waals surface area (Å²) in [6.45, 7) is 0. The molecule has 2 N–H and O–H groups in total. The minimum absolute atomic E-state index is 0.0764. The average molecular weight is 273 g/mol. The smallest absolute Gasteiger partial charge is 0.335 e. The molecule has 1 aliphatic heterocycles. The van der Waals surface area contributed by atoms with E-state index in [1.807, 2.05) is 12.2 Å². The molecular formula is C15H15NO4. The van der Waals surface area contributed by atoms with Crippen LogP contribution < -0.4 is 5.32 Å². The monoisotopic (exact) mass is 273 g/mol. The molecule has 1 aromatic carbocycles. The summed E-state index contributed by atoms with van der Waals surface area (Å²) in [4.78, 5) is 32.3. The van der Waals surface area contributed by atoms with Gasteiger partial charge in [0.15, 0.2) is 0 Å². The van der Waals surface area contributed by atoms with E-state index in [2.05, 4.69) is 5.32 Å². The van der Waals surface area contributed by atoms with Crippen LogP contribution in [0.2, 0.25) is 0 Å². The van der Waals surface area contributed by atoms with Crippen LogP contribution >= 0.6 is 0 Å².